The van der Waals surface area contributed by atoms with Gasteiger partial charge < -0.3 is 9.47 Å². The smallest absolute Gasteiger partial charge is 0.344 e. The lowest BCUT2D eigenvalue weighted by molar-refractivity contribution is 0.0713. The number of rotatable bonds is 8. The minimum absolute atomic E-state index is 0.0178. The van der Waals surface area contributed by atoms with Crippen LogP contribution in [-0.4, -0.2) is 44.3 Å². The van der Waals surface area contributed by atoms with Crippen LogP contribution < -0.4 is 4.31 Å². The number of hydrogen-bond acceptors (Lipinski definition) is 7. The van der Waals surface area contributed by atoms with Crippen molar-refractivity contribution in [1.29, 1.82) is 0 Å². The summed E-state index contributed by atoms with van der Waals surface area (Å²) in [5.74, 6) is -1.44. The lowest BCUT2D eigenvalue weighted by Crippen LogP contribution is -2.28. The van der Waals surface area contributed by atoms with Gasteiger partial charge in [-0.25, -0.2) is 36.3 Å². The molecule has 3 aromatic rings. The molecule has 2 aromatic carbocycles. The molecule has 2 heterocycles. The second kappa shape index (κ2) is 10.3. The molecule has 0 bridgehead atoms. The average molecular weight is 530 g/mol. The summed E-state index contributed by atoms with van der Waals surface area (Å²) in [6, 6.07) is 9.43. The Hall–Kier alpha value is -3.70. The number of nitrogens with zero attached hydrogens (tertiary/aromatic N) is 3. The van der Waals surface area contributed by atoms with E-state index in [1.807, 2.05) is 13.8 Å². The highest BCUT2D eigenvalue weighted by molar-refractivity contribution is 7.92. The van der Waals surface area contributed by atoms with E-state index in [-0.39, 0.29) is 36.4 Å². The number of halogens is 2. The first-order valence-electron chi connectivity index (χ1n) is 11.4. The van der Waals surface area contributed by atoms with Crippen molar-refractivity contribution in [1.82, 2.24) is 9.97 Å². The van der Waals surface area contributed by atoms with E-state index in [1.165, 1.54) is 43.5 Å². The van der Waals surface area contributed by atoms with Gasteiger partial charge in [-0.2, -0.15) is 0 Å². The number of sulfonamides is 1. The maximum atomic E-state index is 13.7. The van der Waals surface area contributed by atoms with Gasteiger partial charge in [0.05, 0.1) is 36.4 Å². The minimum Gasteiger partial charge on any atom is -0.423 e. The summed E-state index contributed by atoms with van der Waals surface area (Å²) in [5.41, 5.74) is 2.73. The normalized spacial score (nSPS) is 14.2. The maximum Gasteiger partial charge on any atom is 0.344 e. The zero-order chi connectivity index (χ0) is 26.9. The highest BCUT2D eigenvalue weighted by Crippen LogP contribution is 2.32. The topological polar surface area (TPSA) is 98.7 Å². The molecule has 0 radical (unpaired) electrons. The molecule has 37 heavy (non-hydrogen) atoms. The molecule has 11 heteroatoms. The Balaban J connectivity index is 1.68. The van der Waals surface area contributed by atoms with Gasteiger partial charge >= 0.3 is 5.97 Å². The van der Waals surface area contributed by atoms with Gasteiger partial charge in [-0.05, 0) is 54.5 Å². The van der Waals surface area contributed by atoms with Crippen LogP contribution in [0.2, 0.25) is 0 Å². The first kappa shape index (κ1) is 26.4. The molecule has 194 valence electrons. The molecular formula is C26H25F2N3O5S. The van der Waals surface area contributed by atoms with Crippen molar-refractivity contribution in [2.75, 3.05) is 24.2 Å². The van der Waals surface area contributed by atoms with E-state index in [4.69, 9.17) is 9.47 Å². The van der Waals surface area contributed by atoms with Crippen LogP contribution in [0, 0.1) is 11.6 Å². The molecule has 0 N–H and O–H groups in total. The number of carbonyl (C=O) groups is 1. The Kier molecular flexibility index (Phi) is 7.37. The number of aromatic nitrogens is 2. The van der Waals surface area contributed by atoms with Crippen LogP contribution in [0.4, 0.5) is 14.7 Å². The quantitative estimate of drug-likeness (QED) is 0.309. The Bertz CT molecular complexity index is 1490. The second-order valence-corrected chi connectivity index (χ2v) is 10.8. The Morgan fingerprint density at radius 1 is 1.05 bits per heavy atom. The van der Waals surface area contributed by atoms with Crippen LogP contribution in [0.3, 0.4) is 0 Å². The second-order valence-electron chi connectivity index (χ2n) is 8.79. The Labute approximate surface area is 213 Å². The van der Waals surface area contributed by atoms with Crippen LogP contribution in [0.15, 0.2) is 48.5 Å². The number of cyclic esters (lactones) is 1. The van der Waals surface area contributed by atoms with Crippen LogP contribution in [0.25, 0.3) is 17.0 Å². The minimum atomic E-state index is -3.64. The number of fused-ring (bicyclic) bond motifs is 1. The van der Waals surface area contributed by atoms with Crippen molar-refractivity contribution in [2.24, 2.45) is 0 Å². The van der Waals surface area contributed by atoms with Gasteiger partial charge in [0, 0.05) is 23.7 Å². The summed E-state index contributed by atoms with van der Waals surface area (Å²) in [6.07, 6.45) is 2.58. The summed E-state index contributed by atoms with van der Waals surface area (Å²) < 4.78 is 63.7. The van der Waals surface area contributed by atoms with Crippen LogP contribution in [0.5, 0.6) is 0 Å². The molecule has 0 saturated heterocycles. The molecule has 1 aromatic heterocycles. The number of esters is 1. The zero-order valence-corrected chi connectivity index (χ0v) is 21.5. The van der Waals surface area contributed by atoms with E-state index in [1.54, 1.807) is 12.1 Å². The average Bonchev–Trinajstić information content (AvgIpc) is 3.15. The summed E-state index contributed by atoms with van der Waals surface area (Å²) in [7, 11) is -2.28. The predicted molar refractivity (Wildman–Crippen MR) is 134 cm³/mol. The Morgan fingerprint density at radius 3 is 2.38 bits per heavy atom. The molecule has 0 spiro atoms. The van der Waals surface area contributed by atoms with Crippen molar-refractivity contribution in [2.45, 2.75) is 26.4 Å². The monoisotopic (exact) mass is 529 g/mol. The van der Waals surface area contributed by atoms with E-state index >= 15 is 0 Å². The van der Waals surface area contributed by atoms with Crippen LogP contribution >= 0.6 is 0 Å². The molecule has 4 rings (SSSR count). The highest BCUT2D eigenvalue weighted by atomic mass is 32.2. The number of benzene rings is 2. The summed E-state index contributed by atoms with van der Waals surface area (Å²) in [5, 5.41) is 0. The van der Waals surface area contributed by atoms with Gasteiger partial charge in [0.25, 0.3) is 0 Å². The van der Waals surface area contributed by atoms with E-state index in [0.29, 0.717) is 28.1 Å². The summed E-state index contributed by atoms with van der Waals surface area (Å²) in [4.78, 5) is 21.0. The largest absolute Gasteiger partial charge is 0.423 e. The van der Waals surface area contributed by atoms with Crippen molar-refractivity contribution in [3.05, 3.63) is 82.6 Å². The molecule has 0 unspecified atom stereocenters. The van der Waals surface area contributed by atoms with Crippen LogP contribution in [-0.2, 0) is 26.1 Å². The van der Waals surface area contributed by atoms with Gasteiger partial charge in [-0.1, -0.05) is 13.8 Å². The van der Waals surface area contributed by atoms with E-state index < -0.39 is 27.6 Å². The number of hydrogen-bond donors (Lipinski definition) is 0. The first-order chi connectivity index (χ1) is 17.5. The highest BCUT2D eigenvalue weighted by Gasteiger charge is 2.27. The molecule has 0 atom stereocenters. The van der Waals surface area contributed by atoms with Crippen molar-refractivity contribution >= 4 is 27.7 Å². The predicted octanol–water partition coefficient (Wildman–Crippen LogP) is 4.67. The van der Waals surface area contributed by atoms with Crippen molar-refractivity contribution < 1.29 is 31.5 Å². The lowest BCUT2D eigenvalue weighted by Gasteiger charge is -2.21. The Morgan fingerprint density at radius 2 is 1.73 bits per heavy atom. The third-order valence-corrected chi connectivity index (χ3v) is 6.93. The van der Waals surface area contributed by atoms with Crippen molar-refractivity contribution in [3.63, 3.8) is 0 Å². The molecule has 1 aliphatic heterocycles. The van der Waals surface area contributed by atoms with Gasteiger partial charge in [-0.15, -0.1) is 0 Å². The fourth-order valence-electron chi connectivity index (χ4n) is 3.80. The molecular weight excluding hydrogens is 504 g/mol. The van der Waals surface area contributed by atoms with Crippen molar-refractivity contribution in [3.8, 4) is 11.3 Å². The third-order valence-electron chi connectivity index (χ3n) is 5.77. The van der Waals surface area contributed by atoms with E-state index in [9.17, 15) is 22.0 Å². The molecule has 0 amide bonds. The summed E-state index contributed by atoms with van der Waals surface area (Å²) >= 11 is 0. The summed E-state index contributed by atoms with van der Waals surface area (Å²) in [6.45, 7) is 3.84. The molecule has 8 nitrogen and oxygen atoms in total. The molecule has 1 aliphatic rings. The van der Waals surface area contributed by atoms with Gasteiger partial charge in [0.1, 0.15) is 17.4 Å². The maximum absolute atomic E-state index is 13.7. The van der Waals surface area contributed by atoms with Crippen LogP contribution in [0.1, 0.15) is 46.9 Å². The first-order valence-corrected chi connectivity index (χ1v) is 13.2. The van der Waals surface area contributed by atoms with Gasteiger partial charge in [0.2, 0.25) is 16.0 Å². The molecule has 0 aliphatic carbocycles. The lowest BCUT2D eigenvalue weighted by atomic mass is 9.99. The SMILES string of the molecule is CC(C)c1nc(N(C)S(C)(=O)=O)nc(-c2ccc(F)cc2)c1COC/C=C1\OC(=O)c2ccc(F)cc21. The van der Waals surface area contributed by atoms with Gasteiger partial charge in [-0.3, -0.25) is 0 Å². The number of carbonyl (C=O) groups excluding carboxylic acids is 1. The van der Waals surface area contributed by atoms with E-state index in [2.05, 4.69) is 9.97 Å². The molecule has 0 saturated carbocycles. The fraction of sp³-hybridized carbons (Fsp3) is 0.269. The third kappa shape index (κ3) is 5.67. The standard InChI is InChI=1S/C26H25F2N3O5S/c1-15(2)23-21(14-35-12-11-22-20-13-18(28)9-10-19(20)25(32)36-22)24(16-5-7-17(27)8-6-16)30-26(29-23)31(3)37(4,33)34/h5-11,13,15H,12,14H2,1-4H3/b22-11-. The fourth-order valence-corrected chi connectivity index (χ4v) is 4.18. The van der Waals surface area contributed by atoms with Gasteiger partial charge in [0.15, 0.2) is 0 Å². The number of ether oxygens (including phenoxy) is 2. The van der Waals surface area contributed by atoms with E-state index in [0.717, 1.165) is 10.6 Å². The number of anilines is 1. The zero-order valence-electron chi connectivity index (χ0n) is 20.7. The molecule has 0 fully saturated rings.